The topological polar surface area (TPSA) is 21.3 Å². The molecule has 0 aliphatic carbocycles. The molecule has 1 rings (SSSR count). The van der Waals surface area contributed by atoms with Crippen LogP contribution in [-0.2, 0) is 11.2 Å². The molecule has 114 valence electrons. The summed E-state index contributed by atoms with van der Waals surface area (Å²) in [6.07, 6.45) is 3.10. The Morgan fingerprint density at radius 3 is 2.05 bits per heavy atom. The van der Waals surface area contributed by atoms with Gasteiger partial charge in [0.2, 0.25) is 0 Å². The van der Waals surface area contributed by atoms with Gasteiger partial charge in [-0.15, -0.1) is 0 Å². The van der Waals surface area contributed by atoms with E-state index in [1.54, 1.807) is 0 Å². The van der Waals surface area contributed by atoms with E-state index in [2.05, 4.69) is 65.2 Å². The van der Waals surface area contributed by atoms with Crippen LogP contribution in [0.15, 0.2) is 18.2 Å². The fraction of sp³-hybridized carbons (Fsp3) is 0.667. The van der Waals surface area contributed by atoms with E-state index in [0.717, 1.165) is 25.9 Å². The molecule has 1 atom stereocenters. The SMILES string of the molecule is CCOC(CC)(CC)C(Cc1c(C)cccc1C)NC. The standard InChI is InChI=1S/C18H31NO/c1-7-18(8-2,20-9-3)17(19-6)13-16-14(4)11-10-12-15(16)5/h10-12,17,19H,7-9,13H2,1-6H3. The molecular formula is C18H31NO. The van der Waals surface area contributed by atoms with Crippen LogP contribution in [0.3, 0.4) is 0 Å². The van der Waals surface area contributed by atoms with Crippen molar-refractivity contribution >= 4 is 0 Å². The van der Waals surface area contributed by atoms with Crippen LogP contribution >= 0.6 is 0 Å². The van der Waals surface area contributed by atoms with E-state index in [1.165, 1.54) is 16.7 Å². The van der Waals surface area contributed by atoms with Gasteiger partial charge in [0, 0.05) is 12.6 Å². The normalized spacial score (nSPS) is 13.5. The Labute approximate surface area is 124 Å². The van der Waals surface area contributed by atoms with Gasteiger partial charge in [0.05, 0.1) is 5.60 Å². The second kappa shape index (κ2) is 7.80. The Morgan fingerprint density at radius 1 is 1.10 bits per heavy atom. The smallest absolute Gasteiger partial charge is 0.0832 e. The number of rotatable bonds is 8. The maximum absolute atomic E-state index is 6.17. The highest BCUT2D eigenvalue weighted by atomic mass is 16.5. The lowest BCUT2D eigenvalue weighted by Crippen LogP contribution is -2.52. The van der Waals surface area contributed by atoms with Crippen molar-refractivity contribution in [2.24, 2.45) is 0 Å². The van der Waals surface area contributed by atoms with Crippen LogP contribution in [0.25, 0.3) is 0 Å². The van der Waals surface area contributed by atoms with E-state index >= 15 is 0 Å². The first-order chi connectivity index (χ1) is 9.54. The number of benzene rings is 1. The Hall–Kier alpha value is -0.860. The third-order valence-corrected chi connectivity index (χ3v) is 4.66. The van der Waals surface area contributed by atoms with Crippen LogP contribution in [0.4, 0.5) is 0 Å². The lowest BCUT2D eigenvalue weighted by molar-refractivity contribution is -0.0704. The van der Waals surface area contributed by atoms with Gasteiger partial charge in [-0.2, -0.15) is 0 Å². The van der Waals surface area contributed by atoms with Crippen LogP contribution in [0, 0.1) is 13.8 Å². The zero-order valence-electron chi connectivity index (χ0n) is 14.0. The van der Waals surface area contributed by atoms with E-state index in [-0.39, 0.29) is 5.60 Å². The third kappa shape index (κ3) is 3.62. The van der Waals surface area contributed by atoms with Gasteiger partial charge >= 0.3 is 0 Å². The minimum atomic E-state index is -0.0712. The first kappa shape index (κ1) is 17.2. The molecule has 0 bridgehead atoms. The van der Waals surface area contributed by atoms with Crippen molar-refractivity contribution in [1.82, 2.24) is 5.32 Å². The third-order valence-electron chi connectivity index (χ3n) is 4.66. The molecule has 1 aromatic carbocycles. The summed E-state index contributed by atoms with van der Waals surface area (Å²) in [7, 11) is 2.05. The van der Waals surface area contributed by atoms with Crippen LogP contribution < -0.4 is 5.32 Å². The zero-order chi connectivity index (χ0) is 15.2. The summed E-state index contributed by atoms with van der Waals surface area (Å²) in [6.45, 7) is 11.7. The van der Waals surface area contributed by atoms with Gasteiger partial charge in [-0.25, -0.2) is 0 Å². The Morgan fingerprint density at radius 2 is 1.65 bits per heavy atom. The minimum absolute atomic E-state index is 0.0712. The van der Waals surface area contributed by atoms with Crippen LogP contribution in [-0.4, -0.2) is 25.3 Å². The second-order valence-corrected chi connectivity index (χ2v) is 5.62. The molecule has 1 N–H and O–H groups in total. The van der Waals surface area contributed by atoms with Gasteiger partial charge in [0.15, 0.2) is 0 Å². The summed E-state index contributed by atoms with van der Waals surface area (Å²) in [4.78, 5) is 0. The Bertz CT molecular complexity index is 390. The fourth-order valence-electron chi connectivity index (χ4n) is 3.26. The van der Waals surface area contributed by atoms with Crippen molar-refractivity contribution in [2.75, 3.05) is 13.7 Å². The molecule has 2 nitrogen and oxygen atoms in total. The average Bonchev–Trinajstić information content (AvgIpc) is 2.45. The Kier molecular flexibility index (Phi) is 6.70. The van der Waals surface area contributed by atoms with E-state index in [1.807, 2.05) is 0 Å². The maximum Gasteiger partial charge on any atom is 0.0832 e. The number of hydrogen-bond donors (Lipinski definition) is 1. The van der Waals surface area contributed by atoms with Gasteiger partial charge < -0.3 is 10.1 Å². The first-order valence-electron chi connectivity index (χ1n) is 7.90. The highest BCUT2D eigenvalue weighted by Crippen LogP contribution is 2.28. The quantitative estimate of drug-likeness (QED) is 0.774. The van der Waals surface area contributed by atoms with Gasteiger partial charge in [-0.1, -0.05) is 32.0 Å². The van der Waals surface area contributed by atoms with Crippen molar-refractivity contribution in [3.05, 3.63) is 34.9 Å². The summed E-state index contributed by atoms with van der Waals surface area (Å²) in [5, 5.41) is 3.51. The molecule has 0 aliphatic heterocycles. The molecule has 1 unspecified atom stereocenters. The largest absolute Gasteiger partial charge is 0.374 e. The van der Waals surface area contributed by atoms with Crippen LogP contribution in [0.1, 0.15) is 50.3 Å². The maximum atomic E-state index is 6.17. The zero-order valence-corrected chi connectivity index (χ0v) is 14.0. The minimum Gasteiger partial charge on any atom is -0.374 e. The molecule has 0 saturated carbocycles. The highest BCUT2D eigenvalue weighted by molar-refractivity contribution is 5.34. The average molecular weight is 277 g/mol. The van der Waals surface area contributed by atoms with Gasteiger partial charge in [-0.3, -0.25) is 0 Å². The molecule has 1 aromatic rings. The molecule has 0 amide bonds. The van der Waals surface area contributed by atoms with Gasteiger partial charge in [-0.05, 0) is 63.8 Å². The summed E-state index contributed by atoms with van der Waals surface area (Å²) >= 11 is 0. The summed E-state index contributed by atoms with van der Waals surface area (Å²) in [5.41, 5.74) is 4.14. The molecule has 20 heavy (non-hydrogen) atoms. The predicted octanol–water partition coefficient (Wildman–Crippen LogP) is 4.03. The Balaban J connectivity index is 3.06. The lowest BCUT2D eigenvalue weighted by Gasteiger charge is -2.40. The molecule has 0 saturated heterocycles. The summed E-state index contributed by atoms with van der Waals surface area (Å²) in [5.74, 6) is 0. The number of ether oxygens (including phenoxy) is 1. The van der Waals surface area contributed by atoms with Crippen LogP contribution in [0.5, 0.6) is 0 Å². The number of hydrogen-bond acceptors (Lipinski definition) is 2. The van der Waals surface area contributed by atoms with E-state index < -0.39 is 0 Å². The lowest BCUT2D eigenvalue weighted by atomic mass is 9.82. The molecule has 0 spiro atoms. The molecule has 0 aliphatic rings. The van der Waals surface area contributed by atoms with Crippen molar-refractivity contribution in [1.29, 1.82) is 0 Å². The molecule has 0 radical (unpaired) electrons. The van der Waals surface area contributed by atoms with E-state index in [0.29, 0.717) is 6.04 Å². The van der Waals surface area contributed by atoms with E-state index in [4.69, 9.17) is 4.74 Å². The molecule has 2 heteroatoms. The number of aryl methyl sites for hydroxylation is 2. The van der Waals surface area contributed by atoms with Crippen molar-refractivity contribution in [3.63, 3.8) is 0 Å². The second-order valence-electron chi connectivity index (χ2n) is 5.62. The molecular weight excluding hydrogens is 246 g/mol. The highest BCUT2D eigenvalue weighted by Gasteiger charge is 2.35. The van der Waals surface area contributed by atoms with E-state index in [9.17, 15) is 0 Å². The van der Waals surface area contributed by atoms with Gasteiger partial charge in [0.25, 0.3) is 0 Å². The number of likely N-dealkylation sites (N-methyl/N-ethyl adjacent to an activating group) is 1. The summed E-state index contributed by atoms with van der Waals surface area (Å²) < 4.78 is 6.17. The molecule has 0 heterocycles. The number of nitrogens with one attached hydrogen (secondary N) is 1. The molecule has 0 aromatic heterocycles. The summed E-state index contributed by atoms with van der Waals surface area (Å²) in [6, 6.07) is 6.89. The molecule has 0 fully saturated rings. The van der Waals surface area contributed by atoms with Crippen molar-refractivity contribution < 1.29 is 4.74 Å². The fourth-order valence-corrected chi connectivity index (χ4v) is 3.26. The van der Waals surface area contributed by atoms with Crippen LogP contribution in [0.2, 0.25) is 0 Å². The van der Waals surface area contributed by atoms with Crippen molar-refractivity contribution in [2.45, 2.75) is 65.5 Å². The first-order valence-corrected chi connectivity index (χ1v) is 7.90. The monoisotopic (exact) mass is 277 g/mol. The van der Waals surface area contributed by atoms with Gasteiger partial charge in [0.1, 0.15) is 0 Å². The predicted molar refractivity (Wildman–Crippen MR) is 87.4 cm³/mol. The van der Waals surface area contributed by atoms with Crippen molar-refractivity contribution in [3.8, 4) is 0 Å².